The summed E-state index contributed by atoms with van der Waals surface area (Å²) in [4.78, 5) is 2.54. The summed E-state index contributed by atoms with van der Waals surface area (Å²) in [6.07, 6.45) is 2.40. The molecule has 0 saturated heterocycles. The molecule has 1 aromatic carbocycles. The van der Waals surface area contributed by atoms with Gasteiger partial charge in [-0.2, -0.15) is 0 Å². The molecule has 17 heavy (non-hydrogen) atoms. The van der Waals surface area contributed by atoms with E-state index in [0.717, 1.165) is 13.0 Å². The molecule has 0 saturated carbocycles. The molecule has 1 aliphatic heterocycles. The Bertz CT molecular complexity index is 445. The molecule has 0 spiro atoms. The third-order valence-electron chi connectivity index (χ3n) is 4.26. The minimum Gasteiger partial charge on any atom is -0.366 e. The maximum absolute atomic E-state index is 6.24. The van der Waals surface area contributed by atoms with Gasteiger partial charge in [-0.05, 0) is 56.7 Å². The fraction of sp³-hybridized carbons (Fsp3) is 0.600. The van der Waals surface area contributed by atoms with Crippen molar-refractivity contribution in [2.45, 2.75) is 51.1 Å². The molecule has 0 fully saturated rings. The molecule has 2 aliphatic rings. The molecule has 0 amide bonds. The molecule has 2 unspecified atom stereocenters. The topological polar surface area (TPSA) is 29.3 Å². The minimum atomic E-state index is 0.201. The molecule has 1 heterocycles. The van der Waals surface area contributed by atoms with Crippen molar-refractivity contribution < 1.29 is 0 Å². The second-order valence-electron chi connectivity index (χ2n) is 6.43. The Balaban J connectivity index is 2.14. The van der Waals surface area contributed by atoms with E-state index in [9.17, 15) is 0 Å². The van der Waals surface area contributed by atoms with Gasteiger partial charge in [0.05, 0.1) is 0 Å². The molecule has 2 nitrogen and oxygen atoms in total. The van der Waals surface area contributed by atoms with Crippen LogP contribution in [0.15, 0.2) is 18.2 Å². The number of hydrogen-bond donors (Lipinski definition) is 1. The van der Waals surface area contributed by atoms with Gasteiger partial charge in [-0.25, -0.2) is 0 Å². The molecule has 2 atom stereocenters. The zero-order chi connectivity index (χ0) is 12.2. The first-order valence-electron chi connectivity index (χ1n) is 6.64. The third-order valence-corrected chi connectivity index (χ3v) is 4.26. The minimum absolute atomic E-state index is 0.201. The van der Waals surface area contributed by atoms with Crippen LogP contribution in [-0.2, 0) is 0 Å². The van der Waals surface area contributed by atoms with Crippen LogP contribution in [0.25, 0.3) is 0 Å². The van der Waals surface area contributed by atoms with Crippen LogP contribution in [0.3, 0.4) is 0 Å². The molecule has 0 aromatic heterocycles. The molecule has 2 heteroatoms. The van der Waals surface area contributed by atoms with E-state index >= 15 is 0 Å². The summed E-state index contributed by atoms with van der Waals surface area (Å²) in [6, 6.07) is 6.92. The average Bonchev–Trinajstić information content (AvgIpc) is 2.57. The maximum Gasteiger partial charge on any atom is 0.0409 e. The zero-order valence-electron chi connectivity index (χ0n) is 11.0. The Kier molecular flexibility index (Phi) is 2.27. The summed E-state index contributed by atoms with van der Waals surface area (Å²) in [5.41, 5.74) is 10.8. The normalized spacial score (nSPS) is 27.2. The van der Waals surface area contributed by atoms with Gasteiger partial charge in [0.15, 0.2) is 0 Å². The fourth-order valence-electron chi connectivity index (χ4n) is 3.49. The van der Waals surface area contributed by atoms with Crippen LogP contribution in [0.4, 0.5) is 5.69 Å². The van der Waals surface area contributed by atoms with Crippen LogP contribution < -0.4 is 10.6 Å². The lowest BCUT2D eigenvalue weighted by molar-refractivity contribution is 0.453. The highest BCUT2D eigenvalue weighted by Gasteiger charge is 2.37. The summed E-state index contributed by atoms with van der Waals surface area (Å²) in [6.45, 7) is 8.04. The lowest BCUT2D eigenvalue weighted by atomic mass is 9.89. The first-order valence-corrected chi connectivity index (χ1v) is 6.64. The fourth-order valence-corrected chi connectivity index (χ4v) is 3.49. The van der Waals surface area contributed by atoms with Crippen molar-refractivity contribution in [1.82, 2.24) is 0 Å². The SMILES string of the molecule is CC(C)(C)N1CCC2CC(N)c3cccc1c32. The highest BCUT2D eigenvalue weighted by Crippen LogP contribution is 2.49. The van der Waals surface area contributed by atoms with Gasteiger partial charge in [0.2, 0.25) is 0 Å². The third kappa shape index (κ3) is 1.58. The van der Waals surface area contributed by atoms with Crippen molar-refractivity contribution in [3.63, 3.8) is 0 Å². The second-order valence-corrected chi connectivity index (χ2v) is 6.43. The maximum atomic E-state index is 6.24. The van der Waals surface area contributed by atoms with Gasteiger partial charge in [0.1, 0.15) is 0 Å². The number of nitrogens with zero attached hydrogens (tertiary/aromatic N) is 1. The Morgan fingerprint density at radius 1 is 1.29 bits per heavy atom. The van der Waals surface area contributed by atoms with Crippen molar-refractivity contribution >= 4 is 5.69 Å². The summed E-state index contributed by atoms with van der Waals surface area (Å²) < 4.78 is 0. The van der Waals surface area contributed by atoms with Crippen molar-refractivity contribution in [1.29, 1.82) is 0 Å². The van der Waals surface area contributed by atoms with E-state index in [1.54, 1.807) is 5.56 Å². The molecule has 1 aliphatic carbocycles. The second kappa shape index (κ2) is 3.49. The molecule has 1 aromatic rings. The molecule has 3 rings (SSSR count). The van der Waals surface area contributed by atoms with Crippen LogP contribution >= 0.6 is 0 Å². The van der Waals surface area contributed by atoms with Crippen molar-refractivity contribution in [3.05, 3.63) is 29.3 Å². The predicted molar refractivity (Wildman–Crippen MR) is 72.4 cm³/mol. The van der Waals surface area contributed by atoms with Crippen LogP contribution in [-0.4, -0.2) is 12.1 Å². The molecule has 92 valence electrons. The largest absolute Gasteiger partial charge is 0.366 e. The van der Waals surface area contributed by atoms with Gasteiger partial charge in [-0.1, -0.05) is 12.1 Å². The number of benzene rings is 1. The van der Waals surface area contributed by atoms with Gasteiger partial charge in [0, 0.05) is 23.8 Å². The van der Waals surface area contributed by atoms with E-state index in [2.05, 4.69) is 43.9 Å². The van der Waals surface area contributed by atoms with Crippen molar-refractivity contribution in [3.8, 4) is 0 Å². The molecule has 2 N–H and O–H groups in total. The van der Waals surface area contributed by atoms with Gasteiger partial charge < -0.3 is 10.6 Å². The van der Waals surface area contributed by atoms with E-state index in [0.29, 0.717) is 5.92 Å². The molecule has 0 radical (unpaired) electrons. The average molecular weight is 230 g/mol. The van der Waals surface area contributed by atoms with Gasteiger partial charge in [0.25, 0.3) is 0 Å². The Morgan fingerprint density at radius 3 is 2.76 bits per heavy atom. The lowest BCUT2D eigenvalue weighted by Gasteiger charge is -2.43. The van der Waals surface area contributed by atoms with E-state index in [1.807, 2.05) is 0 Å². The Morgan fingerprint density at radius 2 is 2.06 bits per heavy atom. The summed E-state index contributed by atoms with van der Waals surface area (Å²) >= 11 is 0. The first-order chi connectivity index (χ1) is 7.98. The molecular weight excluding hydrogens is 208 g/mol. The monoisotopic (exact) mass is 230 g/mol. The Labute approximate surface area is 104 Å². The van der Waals surface area contributed by atoms with Gasteiger partial charge in [-0.3, -0.25) is 0 Å². The van der Waals surface area contributed by atoms with Crippen LogP contribution in [0.1, 0.15) is 56.7 Å². The van der Waals surface area contributed by atoms with Crippen LogP contribution in [0.5, 0.6) is 0 Å². The summed E-state index contributed by atoms with van der Waals surface area (Å²) in [5, 5.41) is 0. The zero-order valence-corrected chi connectivity index (χ0v) is 11.0. The van der Waals surface area contributed by atoms with Crippen LogP contribution in [0.2, 0.25) is 0 Å². The predicted octanol–water partition coefficient (Wildman–Crippen LogP) is 3.18. The van der Waals surface area contributed by atoms with E-state index < -0.39 is 0 Å². The number of anilines is 1. The number of hydrogen-bond acceptors (Lipinski definition) is 2. The highest BCUT2D eigenvalue weighted by molar-refractivity contribution is 5.64. The van der Waals surface area contributed by atoms with Gasteiger partial charge in [-0.15, -0.1) is 0 Å². The number of rotatable bonds is 0. The van der Waals surface area contributed by atoms with Crippen LogP contribution in [0, 0.1) is 0 Å². The van der Waals surface area contributed by atoms with E-state index in [4.69, 9.17) is 5.73 Å². The standard InChI is InChI=1S/C15H22N2/c1-15(2,3)17-8-7-10-9-12(16)11-5-4-6-13(17)14(10)11/h4-6,10,12H,7-9,16H2,1-3H3. The smallest absolute Gasteiger partial charge is 0.0409 e. The van der Waals surface area contributed by atoms with Crippen molar-refractivity contribution in [2.24, 2.45) is 5.73 Å². The number of nitrogens with two attached hydrogens (primary N) is 1. The van der Waals surface area contributed by atoms with E-state index in [1.165, 1.54) is 17.7 Å². The Hall–Kier alpha value is -1.02. The quantitative estimate of drug-likeness (QED) is 0.741. The van der Waals surface area contributed by atoms with E-state index in [-0.39, 0.29) is 11.6 Å². The first kappa shape index (κ1) is 11.1. The lowest BCUT2D eigenvalue weighted by Crippen LogP contribution is -2.44. The van der Waals surface area contributed by atoms with Crippen molar-refractivity contribution in [2.75, 3.05) is 11.4 Å². The van der Waals surface area contributed by atoms with Gasteiger partial charge >= 0.3 is 0 Å². The molecular formula is C15H22N2. The summed E-state index contributed by atoms with van der Waals surface area (Å²) in [5.74, 6) is 0.704. The summed E-state index contributed by atoms with van der Waals surface area (Å²) in [7, 11) is 0. The highest BCUT2D eigenvalue weighted by atomic mass is 15.2. The molecule has 0 bridgehead atoms.